The third-order valence-corrected chi connectivity index (χ3v) is 4.20. The molecule has 1 atom stereocenters. The summed E-state index contributed by atoms with van der Waals surface area (Å²) in [6.07, 6.45) is 1.21. The van der Waals surface area contributed by atoms with Gasteiger partial charge < -0.3 is 10.4 Å². The predicted molar refractivity (Wildman–Crippen MR) is 78.1 cm³/mol. The summed E-state index contributed by atoms with van der Waals surface area (Å²) < 4.78 is 0. The smallest absolute Gasteiger partial charge is 0.270 e. The van der Waals surface area contributed by atoms with Crippen LogP contribution in [0.15, 0.2) is 29.6 Å². The van der Waals surface area contributed by atoms with Gasteiger partial charge in [-0.1, -0.05) is 23.7 Å². The lowest BCUT2D eigenvalue weighted by atomic mass is 10.1. The molecule has 1 aliphatic rings. The molecule has 0 bridgehead atoms. The summed E-state index contributed by atoms with van der Waals surface area (Å²) in [5.41, 5.74) is 1.03. The standard InChI is InChI=1S/C14H13ClN2O2S/c15-9-3-1-2-8(6-9)12(18)14-17-11(7-20-14)13(19)16-10-4-5-10/h1-3,6-7,10,12,18H,4-5H2,(H,16,19). The zero-order valence-corrected chi connectivity index (χ0v) is 12.1. The molecule has 2 N–H and O–H groups in total. The van der Waals surface area contributed by atoms with E-state index in [1.165, 1.54) is 11.3 Å². The van der Waals surface area contributed by atoms with Crippen molar-refractivity contribution in [3.63, 3.8) is 0 Å². The molecule has 20 heavy (non-hydrogen) atoms. The fourth-order valence-corrected chi connectivity index (χ4v) is 2.83. The highest BCUT2D eigenvalue weighted by molar-refractivity contribution is 7.09. The van der Waals surface area contributed by atoms with E-state index in [1.807, 2.05) is 0 Å². The Morgan fingerprint density at radius 1 is 1.50 bits per heavy atom. The number of thiazole rings is 1. The minimum Gasteiger partial charge on any atom is -0.381 e. The number of hydrogen-bond acceptors (Lipinski definition) is 4. The summed E-state index contributed by atoms with van der Waals surface area (Å²) in [4.78, 5) is 16.1. The van der Waals surface area contributed by atoms with Crippen LogP contribution in [-0.2, 0) is 0 Å². The Bertz CT molecular complexity index is 640. The molecule has 1 unspecified atom stereocenters. The topological polar surface area (TPSA) is 62.2 Å². The highest BCUT2D eigenvalue weighted by Crippen LogP contribution is 2.27. The first kappa shape index (κ1) is 13.5. The number of rotatable bonds is 4. The molecule has 1 heterocycles. The van der Waals surface area contributed by atoms with Gasteiger partial charge in [0.2, 0.25) is 0 Å². The number of halogens is 1. The largest absolute Gasteiger partial charge is 0.381 e. The number of benzene rings is 1. The number of aliphatic hydroxyl groups is 1. The molecular formula is C14H13ClN2O2S. The molecule has 1 amide bonds. The van der Waals surface area contributed by atoms with E-state index in [0.29, 0.717) is 27.3 Å². The van der Waals surface area contributed by atoms with Gasteiger partial charge in [0, 0.05) is 16.4 Å². The molecule has 0 spiro atoms. The zero-order valence-electron chi connectivity index (χ0n) is 10.5. The molecule has 3 rings (SSSR count). The van der Waals surface area contributed by atoms with Gasteiger partial charge in [0.1, 0.15) is 16.8 Å². The first-order chi connectivity index (χ1) is 9.63. The Kier molecular flexibility index (Phi) is 3.74. The van der Waals surface area contributed by atoms with Crippen molar-refractivity contribution < 1.29 is 9.90 Å². The van der Waals surface area contributed by atoms with Crippen LogP contribution < -0.4 is 5.32 Å². The second-order valence-corrected chi connectivity index (χ2v) is 6.10. The van der Waals surface area contributed by atoms with Crippen LogP contribution in [-0.4, -0.2) is 22.0 Å². The number of nitrogens with zero attached hydrogens (tertiary/aromatic N) is 1. The van der Waals surface area contributed by atoms with Crippen molar-refractivity contribution in [2.24, 2.45) is 0 Å². The number of hydrogen-bond donors (Lipinski definition) is 2. The maximum absolute atomic E-state index is 11.9. The van der Waals surface area contributed by atoms with Crippen LogP contribution in [0.1, 0.15) is 40.0 Å². The third kappa shape index (κ3) is 3.00. The Labute approximate surface area is 125 Å². The summed E-state index contributed by atoms with van der Waals surface area (Å²) in [7, 11) is 0. The summed E-state index contributed by atoms with van der Waals surface area (Å²) >= 11 is 7.17. The first-order valence-electron chi connectivity index (χ1n) is 6.33. The van der Waals surface area contributed by atoms with Crippen LogP contribution in [0.4, 0.5) is 0 Å². The minimum atomic E-state index is -0.860. The van der Waals surface area contributed by atoms with Gasteiger partial charge in [-0.15, -0.1) is 11.3 Å². The maximum atomic E-state index is 11.9. The van der Waals surface area contributed by atoms with E-state index in [9.17, 15) is 9.90 Å². The molecule has 1 fully saturated rings. The molecule has 0 aliphatic heterocycles. The van der Waals surface area contributed by atoms with Crippen LogP contribution in [0, 0.1) is 0 Å². The average molecular weight is 309 g/mol. The molecule has 1 aromatic carbocycles. The van der Waals surface area contributed by atoms with Gasteiger partial charge in [-0.3, -0.25) is 4.79 Å². The van der Waals surface area contributed by atoms with Gasteiger partial charge in [-0.25, -0.2) is 4.98 Å². The van der Waals surface area contributed by atoms with Crippen molar-refractivity contribution >= 4 is 28.8 Å². The van der Waals surface area contributed by atoms with Gasteiger partial charge >= 0.3 is 0 Å². The molecule has 4 nitrogen and oxygen atoms in total. The van der Waals surface area contributed by atoms with Crippen molar-refractivity contribution in [1.82, 2.24) is 10.3 Å². The summed E-state index contributed by atoms with van der Waals surface area (Å²) in [5, 5.41) is 15.9. The Morgan fingerprint density at radius 2 is 2.30 bits per heavy atom. The van der Waals surface area contributed by atoms with E-state index < -0.39 is 6.10 Å². The highest BCUT2D eigenvalue weighted by Gasteiger charge is 2.25. The van der Waals surface area contributed by atoms with Gasteiger partial charge in [0.05, 0.1) is 0 Å². The van der Waals surface area contributed by atoms with Gasteiger partial charge in [-0.2, -0.15) is 0 Å². The second-order valence-electron chi connectivity index (χ2n) is 4.78. The van der Waals surface area contributed by atoms with Crippen LogP contribution >= 0.6 is 22.9 Å². The van der Waals surface area contributed by atoms with Crippen molar-refractivity contribution in [3.8, 4) is 0 Å². The third-order valence-electron chi connectivity index (χ3n) is 3.07. The van der Waals surface area contributed by atoms with Crippen molar-refractivity contribution in [2.75, 3.05) is 0 Å². The van der Waals surface area contributed by atoms with Crippen LogP contribution in [0.3, 0.4) is 0 Å². The molecule has 6 heteroatoms. The Balaban J connectivity index is 1.76. The fourth-order valence-electron chi connectivity index (χ4n) is 1.82. The number of nitrogens with one attached hydrogen (secondary N) is 1. The van der Waals surface area contributed by atoms with Crippen molar-refractivity contribution in [2.45, 2.75) is 25.0 Å². The van der Waals surface area contributed by atoms with E-state index in [1.54, 1.807) is 29.6 Å². The molecule has 1 aliphatic carbocycles. The van der Waals surface area contributed by atoms with E-state index in [4.69, 9.17) is 11.6 Å². The van der Waals surface area contributed by atoms with E-state index >= 15 is 0 Å². The van der Waals surface area contributed by atoms with Crippen molar-refractivity contribution in [1.29, 1.82) is 0 Å². The summed E-state index contributed by atoms with van der Waals surface area (Å²) in [5.74, 6) is -0.173. The van der Waals surface area contributed by atoms with Gasteiger partial charge in [0.15, 0.2) is 0 Å². The molecule has 1 saturated carbocycles. The first-order valence-corrected chi connectivity index (χ1v) is 7.59. The van der Waals surface area contributed by atoms with Gasteiger partial charge in [-0.05, 0) is 30.5 Å². The second kappa shape index (κ2) is 5.52. The number of aliphatic hydroxyl groups excluding tert-OH is 1. The lowest BCUT2D eigenvalue weighted by molar-refractivity contribution is 0.0946. The highest BCUT2D eigenvalue weighted by atomic mass is 35.5. The summed E-state index contributed by atoms with van der Waals surface area (Å²) in [6, 6.07) is 7.29. The Morgan fingerprint density at radius 3 is 3.00 bits per heavy atom. The average Bonchev–Trinajstić information content (AvgIpc) is 3.10. The number of aromatic nitrogens is 1. The van der Waals surface area contributed by atoms with Crippen LogP contribution in [0.2, 0.25) is 5.02 Å². The number of carbonyl (C=O) groups excluding carboxylic acids is 1. The fraction of sp³-hybridized carbons (Fsp3) is 0.286. The molecule has 104 valence electrons. The lowest BCUT2D eigenvalue weighted by Crippen LogP contribution is -2.25. The molecule has 2 aromatic rings. The number of carbonyl (C=O) groups is 1. The van der Waals surface area contributed by atoms with Crippen LogP contribution in [0.5, 0.6) is 0 Å². The Hall–Kier alpha value is -1.43. The molecule has 1 aromatic heterocycles. The normalized spacial score (nSPS) is 15.9. The minimum absolute atomic E-state index is 0.173. The van der Waals surface area contributed by atoms with E-state index in [-0.39, 0.29) is 5.91 Å². The summed E-state index contributed by atoms with van der Waals surface area (Å²) in [6.45, 7) is 0. The quantitative estimate of drug-likeness (QED) is 0.913. The SMILES string of the molecule is O=C(NC1CC1)c1csc(C(O)c2cccc(Cl)c2)n1. The molecule has 0 saturated heterocycles. The van der Waals surface area contributed by atoms with E-state index in [2.05, 4.69) is 10.3 Å². The zero-order chi connectivity index (χ0) is 14.1. The monoisotopic (exact) mass is 308 g/mol. The van der Waals surface area contributed by atoms with Crippen molar-refractivity contribution in [3.05, 3.63) is 50.9 Å². The molecular weight excluding hydrogens is 296 g/mol. The molecule has 0 radical (unpaired) electrons. The maximum Gasteiger partial charge on any atom is 0.270 e. The lowest BCUT2D eigenvalue weighted by Gasteiger charge is -2.07. The van der Waals surface area contributed by atoms with Gasteiger partial charge in [0.25, 0.3) is 5.91 Å². The van der Waals surface area contributed by atoms with Crippen LogP contribution in [0.25, 0.3) is 0 Å². The number of amides is 1. The predicted octanol–water partition coefficient (Wildman–Crippen LogP) is 2.77. The van der Waals surface area contributed by atoms with E-state index in [0.717, 1.165) is 12.8 Å².